The Morgan fingerprint density at radius 2 is 1.74 bits per heavy atom. The van der Waals surface area contributed by atoms with Crippen molar-refractivity contribution in [3.05, 3.63) is 103 Å². The summed E-state index contributed by atoms with van der Waals surface area (Å²) in [6, 6.07) is 13.6. The molecule has 0 fully saturated rings. The average Bonchev–Trinajstić information content (AvgIpc) is 2.84. The van der Waals surface area contributed by atoms with Crippen molar-refractivity contribution in [2.45, 2.75) is 18.2 Å². The summed E-state index contributed by atoms with van der Waals surface area (Å²) >= 11 is 0. The van der Waals surface area contributed by atoms with Gasteiger partial charge in [0.05, 0.1) is 35.1 Å². The Morgan fingerprint density at radius 3 is 2.37 bits per heavy atom. The third-order valence-electron chi connectivity index (χ3n) is 5.48. The van der Waals surface area contributed by atoms with Crippen LogP contribution in [0.2, 0.25) is 0 Å². The highest BCUT2D eigenvalue weighted by Gasteiger charge is 2.34. The van der Waals surface area contributed by atoms with E-state index in [2.05, 4.69) is 0 Å². The molecule has 0 saturated carbocycles. The minimum atomic E-state index is -3.70. The van der Waals surface area contributed by atoms with E-state index < -0.39 is 39.4 Å². The highest BCUT2D eigenvalue weighted by atomic mass is 32.3. The summed E-state index contributed by atoms with van der Waals surface area (Å²) in [5, 5.41) is 8.69. The van der Waals surface area contributed by atoms with E-state index in [4.69, 9.17) is 10.00 Å². The first-order valence-electron chi connectivity index (χ1n) is 10.3. The smallest absolute Gasteiger partial charge is 0.335 e. The standard InChI is InChI=1S/C24H20FN3O6S/c1-27-22-20(21(29)28(24(27)31)12-16-4-2-15(11-26)3-5-16)10-18(14-35(22,32)33)23(30)34-13-17-6-8-19(25)9-7-17/h2-10,32-33H,12-14H2,1H3. The maximum absolute atomic E-state index is 13.2. The second-order valence-electron chi connectivity index (χ2n) is 7.94. The van der Waals surface area contributed by atoms with Crippen molar-refractivity contribution >= 4 is 22.6 Å². The summed E-state index contributed by atoms with van der Waals surface area (Å²) in [6.07, 6.45) is 1.21. The number of carbonyl (C=O) groups is 1. The molecule has 35 heavy (non-hydrogen) atoms. The zero-order valence-corrected chi connectivity index (χ0v) is 19.3. The largest absolute Gasteiger partial charge is 0.457 e. The number of ether oxygens (including phenoxy) is 1. The molecule has 180 valence electrons. The molecule has 0 spiro atoms. The number of fused-ring (bicyclic) bond motifs is 1. The maximum atomic E-state index is 13.2. The van der Waals surface area contributed by atoms with Gasteiger partial charge in [0.1, 0.15) is 17.5 Å². The van der Waals surface area contributed by atoms with E-state index in [9.17, 15) is 27.9 Å². The van der Waals surface area contributed by atoms with Crippen molar-refractivity contribution in [1.29, 1.82) is 5.26 Å². The van der Waals surface area contributed by atoms with Crippen LogP contribution in [0, 0.1) is 17.1 Å². The molecule has 9 nitrogen and oxygen atoms in total. The summed E-state index contributed by atoms with van der Waals surface area (Å²) in [5.74, 6) is -1.83. The van der Waals surface area contributed by atoms with Crippen molar-refractivity contribution in [3.8, 4) is 6.07 Å². The quantitative estimate of drug-likeness (QED) is 0.409. The fourth-order valence-corrected chi connectivity index (χ4v) is 5.53. The van der Waals surface area contributed by atoms with E-state index in [1.54, 1.807) is 24.3 Å². The van der Waals surface area contributed by atoms with Gasteiger partial charge in [-0.2, -0.15) is 5.26 Å². The van der Waals surface area contributed by atoms with Crippen LogP contribution < -0.4 is 11.2 Å². The lowest BCUT2D eigenvalue weighted by Crippen LogP contribution is -2.43. The number of benzene rings is 2. The predicted molar refractivity (Wildman–Crippen MR) is 126 cm³/mol. The molecule has 0 bridgehead atoms. The number of hydrogen-bond acceptors (Lipinski definition) is 7. The molecule has 1 aliphatic rings. The molecule has 0 aliphatic carbocycles. The summed E-state index contributed by atoms with van der Waals surface area (Å²) in [6.45, 7) is -0.305. The van der Waals surface area contributed by atoms with Crippen molar-refractivity contribution in [2.75, 3.05) is 5.75 Å². The lowest BCUT2D eigenvalue weighted by atomic mass is 10.1. The maximum Gasteiger partial charge on any atom is 0.335 e. The van der Waals surface area contributed by atoms with Crippen LogP contribution >= 0.6 is 10.6 Å². The highest BCUT2D eigenvalue weighted by Crippen LogP contribution is 2.52. The molecule has 3 aromatic rings. The van der Waals surface area contributed by atoms with Gasteiger partial charge in [-0.3, -0.25) is 23.0 Å². The Balaban J connectivity index is 1.70. The molecule has 0 amide bonds. The van der Waals surface area contributed by atoms with Crippen LogP contribution in [0.25, 0.3) is 6.08 Å². The highest BCUT2D eigenvalue weighted by molar-refractivity contribution is 8.24. The Labute approximate surface area is 200 Å². The average molecular weight is 498 g/mol. The van der Waals surface area contributed by atoms with E-state index in [-0.39, 0.29) is 29.3 Å². The second-order valence-corrected chi connectivity index (χ2v) is 9.95. The number of rotatable bonds is 5. The van der Waals surface area contributed by atoms with Gasteiger partial charge in [0.2, 0.25) is 0 Å². The van der Waals surface area contributed by atoms with E-state index in [1.807, 2.05) is 6.07 Å². The zero-order valence-electron chi connectivity index (χ0n) is 18.5. The van der Waals surface area contributed by atoms with Crippen molar-refractivity contribution in [1.82, 2.24) is 9.13 Å². The van der Waals surface area contributed by atoms with Gasteiger partial charge in [-0.05, 0) is 41.5 Å². The fraction of sp³-hybridized carbons (Fsp3) is 0.167. The number of nitrogens with zero attached hydrogens (tertiary/aromatic N) is 3. The first-order chi connectivity index (χ1) is 16.6. The van der Waals surface area contributed by atoms with E-state index in [0.29, 0.717) is 16.7 Å². The topological polar surface area (TPSA) is 135 Å². The zero-order chi connectivity index (χ0) is 25.3. The molecule has 4 rings (SSSR count). The van der Waals surface area contributed by atoms with Crippen LogP contribution in [0.1, 0.15) is 22.3 Å². The third-order valence-corrected chi connectivity index (χ3v) is 7.31. The monoisotopic (exact) mass is 497 g/mol. The Hall–Kier alpha value is -3.98. The van der Waals surface area contributed by atoms with Crippen molar-refractivity contribution in [3.63, 3.8) is 0 Å². The Kier molecular flexibility index (Phi) is 6.45. The van der Waals surface area contributed by atoms with Crippen LogP contribution in [0.15, 0.2) is 68.7 Å². The number of aromatic nitrogens is 2. The number of esters is 1. The molecule has 1 aliphatic heterocycles. The van der Waals surface area contributed by atoms with Gasteiger partial charge in [-0.15, -0.1) is 10.6 Å². The van der Waals surface area contributed by atoms with E-state index in [0.717, 1.165) is 9.13 Å². The van der Waals surface area contributed by atoms with Crippen molar-refractivity contribution < 1.29 is 23.0 Å². The molecule has 2 aromatic carbocycles. The van der Waals surface area contributed by atoms with Gasteiger partial charge >= 0.3 is 11.7 Å². The summed E-state index contributed by atoms with van der Waals surface area (Å²) < 4.78 is 41.7. The molecule has 0 atom stereocenters. The van der Waals surface area contributed by atoms with Gasteiger partial charge in [0.25, 0.3) is 5.56 Å². The number of halogens is 1. The lowest BCUT2D eigenvalue weighted by Gasteiger charge is -2.37. The van der Waals surface area contributed by atoms with Gasteiger partial charge in [-0.1, -0.05) is 24.3 Å². The minimum absolute atomic E-state index is 0.123. The summed E-state index contributed by atoms with van der Waals surface area (Å²) in [7, 11) is -2.39. The number of carbonyl (C=O) groups excluding carboxylic acids is 1. The SMILES string of the molecule is Cn1c2c(c(=O)n(Cc3ccc(C#N)cc3)c1=O)C=C(C(=O)OCc1ccc(F)cc1)CS2(O)O. The molecule has 2 N–H and O–H groups in total. The van der Waals surface area contributed by atoms with Crippen LogP contribution in [0.4, 0.5) is 4.39 Å². The van der Waals surface area contributed by atoms with Gasteiger partial charge in [0.15, 0.2) is 0 Å². The molecule has 2 heterocycles. The molecule has 0 radical (unpaired) electrons. The lowest BCUT2D eigenvalue weighted by molar-refractivity contribution is -0.140. The number of nitriles is 1. The van der Waals surface area contributed by atoms with Crippen LogP contribution in [0.3, 0.4) is 0 Å². The summed E-state index contributed by atoms with van der Waals surface area (Å²) in [4.78, 5) is 38.8. The van der Waals surface area contributed by atoms with Crippen molar-refractivity contribution in [2.24, 2.45) is 7.05 Å². The molecular formula is C24H20FN3O6S. The molecule has 1 aromatic heterocycles. The third kappa shape index (κ3) is 4.81. The molecular weight excluding hydrogens is 477 g/mol. The normalized spacial score (nSPS) is 14.9. The molecule has 11 heteroatoms. The fourth-order valence-electron chi connectivity index (χ4n) is 3.74. The first kappa shape index (κ1) is 24.2. The predicted octanol–water partition coefficient (Wildman–Crippen LogP) is 2.86. The first-order valence-corrected chi connectivity index (χ1v) is 12.0. The number of hydrogen-bond donors (Lipinski definition) is 2. The van der Waals surface area contributed by atoms with Crippen LogP contribution in [-0.4, -0.2) is 30.0 Å². The Morgan fingerprint density at radius 1 is 1.11 bits per heavy atom. The minimum Gasteiger partial charge on any atom is -0.457 e. The molecule has 0 unspecified atom stereocenters. The van der Waals surface area contributed by atoms with Gasteiger partial charge in [0, 0.05) is 7.05 Å². The summed E-state index contributed by atoms with van der Waals surface area (Å²) in [5.41, 5.74) is -0.366. The van der Waals surface area contributed by atoms with Crippen LogP contribution in [0.5, 0.6) is 0 Å². The van der Waals surface area contributed by atoms with E-state index in [1.165, 1.54) is 37.4 Å². The Bertz CT molecular complexity index is 1500. The van der Waals surface area contributed by atoms with Gasteiger partial charge < -0.3 is 4.74 Å². The van der Waals surface area contributed by atoms with E-state index >= 15 is 0 Å². The second kappa shape index (κ2) is 9.34. The van der Waals surface area contributed by atoms with Crippen LogP contribution in [-0.2, 0) is 29.7 Å². The van der Waals surface area contributed by atoms with Gasteiger partial charge in [-0.25, -0.2) is 14.0 Å². The molecule has 0 saturated heterocycles.